The summed E-state index contributed by atoms with van der Waals surface area (Å²) in [5.74, 6) is 0. The topological polar surface area (TPSA) is 34.0 Å². The summed E-state index contributed by atoms with van der Waals surface area (Å²) < 4.78 is 1.75. The standard InChI is InChI=1S/C13H16N2OS/c1-2-6-15-9-12(3-4-13(15)16)14-8-11-5-7-17-10-11/h3-5,7,9-10,14H,2,6,8H2,1H3. The smallest absolute Gasteiger partial charge is 0.250 e. The molecule has 0 spiro atoms. The van der Waals surface area contributed by atoms with Crippen LogP contribution < -0.4 is 10.9 Å². The largest absolute Gasteiger partial charge is 0.380 e. The Hall–Kier alpha value is -1.55. The molecule has 2 aromatic heterocycles. The molecule has 0 aliphatic carbocycles. The Morgan fingerprint density at radius 2 is 2.24 bits per heavy atom. The SMILES string of the molecule is CCCn1cc(NCc2ccsc2)ccc1=O. The summed E-state index contributed by atoms with van der Waals surface area (Å²) in [4.78, 5) is 11.5. The highest BCUT2D eigenvalue weighted by Gasteiger charge is 1.98. The molecule has 0 aliphatic rings. The Labute approximate surface area is 105 Å². The van der Waals surface area contributed by atoms with E-state index in [9.17, 15) is 4.79 Å². The second-order valence-corrected chi connectivity index (χ2v) is 4.71. The molecular formula is C13H16N2OS. The maximum atomic E-state index is 11.5. The summed E-state index contributed by atoms with van der Waals surface area (Å²) in [6.07, 6.45) is 2.85. The number of aromatic nitrogens is 1. The van der Waals surface area contributed by atoms with Crippen LogP contribution in [-0.4, -0.2) is 4.57 Å². The molecule has 0 atom stereocenters. The maximum Gasteiger partial charge on any atom is 0.250 e. The van der Waals surface area contributed by atoms with E-state index < -0.39 is 0 Å². The molecule has 17 heavy (non-hydrogen) atoms. The molecular weight excluding hydrogens is 232 g/mol. The van der Waals surface area contributed by atoms with Crippen LogP contribution in [0.5, 0.6) is 0 Å². The molecule has 2 heterocycles. The number of pyridine rings is 1. The molecule has 1 N–H and O–H groups in total. The first kappa shape index (κ1) is 11.9. The van der Waals surface area contributed by atoms with Crippen molar-refractivity contribution in [2.24, 2.45) is 0 Å². The molecule has 0 unspecified atom stereocenters. The number of hydrogen-bond acceptors (Lipinski definition) is 3. The second-order valence-electron chi connectivity index (χ2n) is 3.93. The number of thiophene rings is 1. The van der Waals surface area contributed by atoms with E-state index in [-0.39, 0.29) is 5.56 Å². The van der Waals surface area contributed by atoms with Crippen molar-refractivity contribution in [3.63, 3.8) is 0 Å². The first-order valence-electron chi connectivity index (χ1n) is 5.75. The Morgan fingerprint density at radius 3 is 2.94 bits per heavy atom. The normalized spacial score (nSPS) is 10.4. The maximum absolute atomic E-state index is 11.5. The number of nitrogens with one attached hydrogen (secondary N) is 1. The molecule has 2 aromatic rings. The highest BCUT2D eigenvalue weighted by atomic mass is 32.1. The van der Waals surface area contributed by atoms with Crippen LogP contribution in [0.25, 0.3) is 0 Å². The van der Waals surface area contributed by atoms with E-state index in [0.717, 1.165) is 25.2 Å². The van der Waals surface area contributed by atoms with Gasteiger partial charge in [-0.3, -0.25) is 4.79 Å². The minimum atomic E-state index is 0.0629. The van der Waals surface area contributed by atoms with Gasteiger partial charge in [0.25, 0.3) is 5.56 Å². The van der Waals surface area contributed by atoms with Gasteiger partial charge >= 0.3 is 0 Å². The molecule has 2 rings (SSSR count). The lowest BCUT2D eigenvalue weighted by Crippen LogP contribution is -2.18. The highest BCUT2D eigenvalue weighted by Crippen LogP contribution is 2.10. The minimum absolute atomic E-state index is 0.0629. The molecule has 90 valence electrons. The lowest BCUT2D eigenvalue weighted by molar-refractivity contribution is 0.655. The molecule has 4 heteroatoms. The average molecular weight is 248 g/mol. The van der Waals surface area contributed by atoms with Gasteiger partial charge in [-0.25, -0.2) is 0 Å². The zero-order chi connectivity index (χ0) is 12.1. The van der Waals surface area contributed by atoms with Crippen molar-refractivity contribution in [2.75, 3.05) is 5.32 Å². The predicted molar refractivity (Wildman–Crippen MR) is 72.6 cm³/mol. The third-order valence-electron chi connectivity index (χ3n) is 2.52. The van der Waals surface area contributed by atoms with Crippen LogP contribution >= 0.6 is 11.3 Å². The third kappa shape index (κ3) is 3.20. The monoisotopic (exact) mass is 248 g/mol. The fourth-order valence-electron chi connectivity index (χ4n) is 1.65. The van der Waals surface area contributed by atoms with Gasteiger partial charge < -0.3 is 9.88 Å². The van der Waals surface area contributed by atoms with Crippen molar-refractivity contribution in [1.82, 2.24) is 4.57 Å². The Morgan fingerprint density at radius 1 is 1.35 bits per heavy atom. The predicted octanol–water partition coefficient (Wildman–Crippen LogP) is 2.93. The van der Waals surface area contributed by atoms with E-state index in [1.165, 1.54) is 5.56 Å². The molecule has 0 aromatic carbocycles. The highest BCUT2D eigenvalue weighted by molar-refractivity contribution is 7.07. The molecule has 0 saturated carbocycles. The van der Waals surface area contributed by atoms with E-state index in [4.69, 9.17) is 0 Å². The molecule has 0 saturated heterocycles. The van der Waals surface area contributed by atoms with Gasteiger partial charge in [-0.2, -0.15) is 11.3 Å². The zero-order valence-corrected chi connectivity index (χ0v) is 10.7. The van der Waals surface area contributed by atoms with E-state index in [0.29, 0.717) is 0 Å². The van der Waals surface area contributed by atoms with Crippen LogP contribution in [0.15, 0.2) is 40.0 Å². The molecule has 0 amide bonds. The van der Waals surface area contributed by atoms with Crippen molar-refractivity contribution < 1.29 is 0 Å². The fourth-order valence-corrected chi connectivity index (χ4v) is 2.32. The van der Waals surface area contributed by atoms with Crippen LogP contribution in [0.2, 0.25) is 0 Å². The Balaban J connectivity index is 2.06. The molecule has 0 aliphatic heterocycles. The zero-order valence-electron chi connectivity index (χ0n) is 9.85. The summed E-state index contributed by atoms with van der Waals surface area (Å²) in [6.45, 7) is 3.64. The summed E-state index contributed by atoms with van der Waals surface area (Å²) >= 11 is 1.69. The van der Waals surface area contributed by atoms with Crippen molar-refractivity contribution >= 4 is 17.0 Å². The number of nitrogens with zero attached hydrogens (tertiary/aromatic N) is 1. The fraction of sp³-hybridized carbons (Fsp3) is 0.308. The van der Waals surface area contributed by atoms with Gasteiger partial charge in [-0.1, -0.05) is 6.92 Å². The quantitative estimate of drug-likeness (QED) is 0.882. The number of hydrogen-bond donors (Lipinski definition) is 1. The van der Waals surface area contributed by atoms with E-state index in [1.807, 2.05) is 12.3 Å². The van der Waals surface area contributed by atoms with Crippen LogP contribution in [0.1, 0.15) is 18.9 Å². The summed E-state index contributed by atoms with van der Waals surface area (Å²) in [5, 5.41) is 7.50. The Bertz CT molecular complexity index is 516. The van der Waals surface area contributed by atoms with Gasteiger partial charge in [0, 0.05) is 25.4 Å². The molecule has 0 radical (unpaired) electrons. The van der Waals surface area contributed by atoms with Crippen molar-refractivity contribution in [2.45, 2.75) is 26.4 Å². The lowest BCUT2D eigenvalue weighted by atomic mass is 10.3. The molecule has 3 nitrogen and oxygen atoms in total. The first-order chi connectivity index (χ1) is 8.29. The van der Waals surface area contributed by atoms with Crippen LogP contribution in [0, 0.1) is 0 Å². The number of aryl methyl sites for hydroxylation is 1. The van der Waals surface area contributed by atoms with E-state index in [1.54, 1.807) is 22.0 Å². The second kappa shape index (κ2) is 5.68. The van der Waals surface area contributed by atoms with Crippen LogP contribution in [0.4, 0.5) is 5.69 Å². The Kier molecular flexibility index (Phi) is 3.98. The molecule has 0 fully saturated rings. The first-order valence-corrected chi connectivity index (χ1v) is 6.69. The number of rotatable bonds is 5. The van der Waals surface area contributed by atoms with Gasteiger partial charge in [0.2, 0.25) is 0 Å². The summed E-state index contributed by atoms with van der Waals surface area (Å²) in [5.41, 5.74) is 2.32. The third-order valence-corrected chi connectivity index (χ3v) is 3.26. The van der Waals surface area contributed by atoms with E-state index in [2.05, 4.69) is 29.1 Å². The van der Waals surface area contributed by atoms with Crippen molar-refractivity contribution in [3.8, 4) is 0 Å². The summed E-state index contributed by atoms with van der Waals surface area (Å²) in [7, 11) is 0. The molecule has 0 bridgehead atoms. The summed E-state index contributed by atoms with van der Waals surface area (Å²) in [6, 6.07) is 5.55. The minimum Gasteiger partial charge on any atom is -0.380 e. The lowest BCUT2D eigenvalue weighted by Gasteiger charge is -2.08. The van der Waals surface area contributed by atoms with Gasteiger partial charge in [0.1, 0.15) is 0 Å². The van der Waals surface area contributed by atoms with Gasteiger partial charge in [-0.15, -0.1) is 0 Å². The average Bonchev–Trinajstić information content (AvgIpc) is 2.83. The van der Waals surface area contributed by atoms with Gasteiger partial charge in [0.15, 0.2) is 0 Å². The van der Waals surface area contributed by atoms with Crippen LogP contribution in [0.3, 0.4) is 0 Å². The van der Waals surface area contributed by atoms with Crippen molar-refractivity contribution in [1.29, 1.82) is 0 Å². The van der Waals surface area contributed by atoms with Crippen molar-refractivity contribution in [3.05, 3.63) is 51.1 Å². The van der Waals surface area contributed by atoms with E-state index >= 15 is 0 Å². The number of anilines is 1. The van der Waals surface area contributed by atoms with Crippen LogP contribution in [-0.2, 0) is 13.1 Å². The van der Waals surface area contributed by atoms with Gasteiger partial charge in [-0.05, 0) is 34.9 Å². The van der Waals surface area contributed by atoms with Gasteiger partial charge in [0.05, 0.1) is 5.69 Å².